The van der Waals surface area contributed by atoms with Crippen LogP contribution in [0, 0.1) is 0 Å². The number of nitrogens with zero attached hydrogens (tertiary/aromatic N) is 2. The average molecular weight is 412 g/mol. The molecule has 0 aromatic carbocycles. The Morgan fingerprint density at radius 1 is 1.14 bits per heavy atom. The molecular weight excluding hydrogens is 374 g/mol. The number of hydrogen-bond donors (Lipinski definition) is 3. The summed E-state index contributed by atoms with van der Waals surface area (Å²) >= 11 is 1.71. The SMILES string of the molecule is CCNC(=NCCCNC(=O)OC(C)(C)C)NCCc1nc(C(C)(C)C)cs1. The van der Waals surface area contributed by atoms with Crippen molar-refractivity contribution < 1.29 is 9.53 Å². The molecule has 0 saturated carbocycles. The molecule has 0 spiro atoms. The van der Waals surface area contributed by atoms with Crippen LogP contribution < -0.4 is 16.0 Å². The van der Waals surface area contributed by atoms with Crippen molar-refractivity contribution in [1.82, 2.24) is 20.9 Å². The Hall–Kier alpha value is -1.83. The minimum absolute atomic E-state index is 0.0892. The third-order valence-corrected chi connectivity index (χ3v) is 4.48. The number of carbonyl (C=O) groups is 1. The van der Waals surface area contributed by atoms with Crippen molar-refractivity contribution in [2.75, 3.05) is 26.2 Å². The Morgan fingerprint density at radius 3 is 2.43 bits per heavy atom. The lowest BCUT2D eigenvalue weighted by atomic mass is 9.93. The van der Waals surface area contributed by atoms with Crippen molar-refractivity contribution in [1.29, 1.82) is 0 Å². The molecule has 1 rings (SSSR count). The van der Waals surface area contributed by atoms with Crippen LogP contribution in [0.1, 0.15) is 65.6 Å². The molecule has 0 aliphatic heterocycles. The number of aromatic nitrogens is 1. The maximum absolute atomic E-state index is 11.6. The van der Waals surface area contributed by atoms with E-state index in [0.29, 0.717) is 13.1 Å². The van der Waals surface area contributed by atoms with Crippen LogP contribution in [-0.2, 0) is 16.6 Å². The van der Waals surface area contributed by atoms with E-state index < -0.39 is 5.60 Å². The minimum atomic E-state index is -0.477. The van der Waals surface area contributed by atoms with Crippen molar-refractivity contribution in [3.05, 3.63) is 16.1 Å². The number of nitrogens with one attached hydrogen (secondary N) is 3. The molecule has 1 aromatic rings. The number of guanidine groups is 1. The molecule has 8 heteroatoms. The first kappa shape index (κ1) is 24.2. The van der Waals surface area contributed by atoms with Gasteiger partial charge in [-0.1, -0.05) is 20.8 Å². The van der Waals surface area contributed by atoms with Crippen LogP contribution in [-0.4, -0.2) is 48.8 Å². The van der Waals surface area contributed by atoms with Gasteiger partial charge < -0.3 is 20.7 Å². The summed E-state index contributed by atoms with van der Waals surface area (Å²) in [4.78, 5) is 20.9. The number of alkyl carbamates (subject to hydrolysis) is 1. The molecule has 0 atom stereocenters. The number of thiazole rings is 1. The van der Waals surface area contributed by atoms with E-state index in [9.17, 15) is 4.79 Å². The fraction of sp³-hybridized carbons (Fsp3) is 0.750. The number of carbonyl (C=O) groups excluding carboxylic acids is 1. The standard InChI is InChI=1S/C20H37N5O2S/c1-8-21-17(22-11-9-12-24-18(26)27-20(5,6)7)23-13-10-16-25-15(14-28-16)19(2,3)4/h14H,8-13H2,1-7H3,(H,24,26)(H2,21,22,23). The van der Waals surface area contributed by atoms with Gasteiger partial charge in [-0.3, -0.25) is 4.99 Å². The topological polar surface area (TPSA) is 87.6 Å². The summed E-state index contributed by atoms with van der Waals surface area (Å²) in [5.41, 5.74) is 0.756. The van der Waals surface area contributed by atoms with Gasteiger partial charge in [0.25, 0.3) is 0 Å². The van der Waals surface area contributed by atoms with Crippen LogP contribution >= 0.6 is 11.3 Å². The van der Waals surface area contributed by atoms with E-state index in [0.717, 1.165) is 42.6 Å². The van der Waals surface area contributed by atoms with Crippen LogP contribution in [0.25, 0.3) is 0 Å². The largest absolute Gasteiger partial charge is 0.444 e. The monoisotopic (exact) mass is 411 g/mol. The van der Waals surface area contributed by atoms with Crippen molar-refractivity contribution in [3.8, 4) is 0 Å². The Morgan fingerprint density at radius 2 is 1.86 bits per heavy atom. The van der Waals surface area contributed by atoms with Gasteiger partial charge in [0.05, 0.1) is 10.7 Å². The normalized spacial score (nSPS) is 12.6. The molecule has 28 heavy (non-hydrogen) atoms. The van der Waals surface area contributed by atoms with E-state index in [1.54, 1.807) is 11.3 Å². The molecule has 1 aromatic heterocycles. The summed E-state index contributed by atoms with van der Waals surface area (Å²) in [5.74, 6) is 0.785. The summed E-state index contributed by atoms with van der Waals surface area (Å²) in [6, 6.07) is 0. The van der Waals surface area contributed by atoms with Crippen molar-refractivity contribution in [2.45, 2.75) is 72.3 Å². The summed E-state index contributed by atoms with van der Waals surface area (Å²) in [6.45, 7) is 16.9. The van der Waals surface area contributed by atoms with E-state index in [1.807, 2.05) is 27.7 Å². The third-order valence-electron chi connectivity index (χ3n) is 3.57. The zero-order valence-electron chi connectivity index (χ0n) is 18.4. The Kier molecular flexibility index (Phi) is 9.72. The van der Waals surface area contributed by atoms with Crippen LogP contribution in [0.15, 0.2) is 10.4 Å². The zero-order chi connectivity index (χ0) is 21.2. The highest BCUT2D eigenvalue weighted by atomic mass is 32.1. The van der Waals surface area contributed by atoms with Gasteiger partial charge in [0.15, 0.2) is 5.96 Å². The van der Waals surface area contributed by atoms with Crippen molar-refractivity contribution >= 4 is 23.4 Å². The lowest BCUT2D eigenvalue weighted by Crippen LogP contribution is -2.38. The Labute approximate surface area is 173 Å². The summed E-state index contributed by atoms with van der Waals surface area (Å²) in [6.07, 6.45) is 1.22. The molecule has 0 saturated heterocycles. The molecule has 0 unspecified atom stereocenters. The van der Waals surface area contributed by atoms with Gasteiger partial charge in [-0.05, 0) is 34.1 Å². The molecule has 3 N–H and O–H groups in total. The van der Waals surface area contributed by atoms with Gasteiger partial charge in [0, 0.05) is 43.4 Å². The number of ether oxygens (including phenoxy) is 1. The van der Waals surface area contributed by atoms with Gasteiger partial charge in [0.2, 0.25) is 0 Å². The van der Waals surface area contributed by atoms with Gasteiger partial charge in [-0.25, -0.2) is 9.78 Å². The van der Waals surface area contributed by atoms with E-state index in [-0.39, 0.29) is 11.5 Å². The second-order valence-electron chi connectivity index (χ2n) is 8.60. The number of hydrogen-bond acceptors (Lipinski definition) is 5. The first-order valence-electron chi connectivity index (χ1n) is 9.95. The third kappa shape index (κ3) is 10.5. The van der Waals surface area contributed by atoms with Gasteiger partial charge in [0.1, 0.15) is 5.60 Å². The van der Waals surface area contributed by atoms with Crippen LogP contribution in [0.3, 0.4) is 0 Å². The first-order valence-corrected chi connectivity index (χ1v) is 10.8. The van der Waals surface area contributed by atoms with Gasteiger partial charge in [-0.2, -0.15) is 0 Å². The second kappa shape index (κ2) is 11.2. The fourth-order valence-electron chi connectivity index (χ4n) is 2.17. The summed E-state index contributed by atoms with van der Waals surface area (Å²) in [5, 5.41) is 12.6. The lowest BCUT2D eigenvalue weighted by Gasteiger charge is -2.19. The molecule has 0 fully saturated rings. The first-order chi connectivity index (χ1) is 13.0. The predicted octanol–water partition coefficient (Wildman–Crippen LogP) is 3.45. The lowest BCUT2D eigenvalue weighted by molar-refractivity contribution is 0.0527. The van der Waals surface area contributed by atoms with E-state index in [4.69, 9.17) is 9.72 Å². The van der Waals surface area contributed by atoms with Crippen molar-refractivity contribution in [2.24, 2.45) is 4.99 Å². The van der Waals surface area contributed by atoms with Crippen molar-refractivity contribution in [3.63, 3.8) is 0 Å². The maximum atomic E-state index is 11.6. The molecule has 0 aliphatic rings. The molecule has 0 bridgehead atoms. The minimum Gasteiger partial charge on any atom is -0.444 e. The van der Waals surface area contributed by atoms with Crippen LogP contribution in [0.4, 0.5) is 4.79 Å². The number of amides is 1. The van der Waals surface area contributed by atoms with Gasteiger partial charge in [-0.15, -0.1) is 11.3 Å². The summed E-state index contributed by atoms with van der Waals surface area (Å²) < 4.78 is 5.21. The molecule has 0 aliphatic carbocycles. The Bertz CT molecular complexity index is 629. The second-order valence-corrected chi connectivity index (χ2v) is 9.54. The zero-order valence-corrected chi connectivity index (χ0v) is 19.3. The molecule has 7 nitrogen and oxygen atoms in total. The molecule has 1 heterocycles. The highest BCUT2D eigenvalue weighted by Gasteiger charge is 2.17. The predicted molar refractivity (Wildman–Crippen MR) is 117 cm³/mol. The molecule has 160 valence electrons. The number of aliphatic imine (C=N–C) groups is 1. The highest BCUT2D eigenvalue weighted by molar-refractivity contribution is 7.09. The fourth-order valence-corrected chi connectivity index (χ4v) is 3.20. The quantitative estimate of drug-likeness (QED) is 0.346. The smallest absolute Gasteiger partial charge is 0.407 e. The van der Waals surface area contributed by atoms with Crippen LogP contribution in [0.2, 0.25) is 0 Å². The molecular formula is C20H37N5O2S. The molecule has 0 radical (unpaired) electrons. The Balaban J connectivity index is 2.33. The van der Waals surface area contributed by atoms with E-state index in [2.05, 4.69) is 47.1 Å². The van der Waals surface area contributed by atoms with Crippen LogP contribution in [0.5, 0.6) is 0 Å². The average Bonchev–Trinajstić information content (AvgIpc) is 3.02. The number of rotatable bonds is 8. The summed E-state index contributed by atoms with van der Waals surface area (Å²) in [7, 11) is 0. The van der Waals surface area contributed by atoms with E-state index in [1.165, 1.54) is 0 Å². The maximum Gasteiger partial charge on any atom is 0.407 e. The highest BCUT2D eigenvalue weighted by Crippen LogP contribution is 2.23. The molecule has 1 amide bonds. The van der Waals surface area contributed by atoms with E-state index >= 15 is 0 Å². The van der Waals surface area contributed by atoms with Gasteiger partial charge >= 0.3 is 6.09 Å².